The molecule has 0 saturated carbocycles. The van der Waals surface area contributed by atoms with Crippen LogP contribution < -0.4 is 9.80 Å². The molecule has 0 bridgehead atoms. The highest BCUT2D eigenvalue weighted by Crippen LogP contribution is 2.35. The Morgan fingerprint density at radius 2 is 1.83 bits per heavy atom. The van der Waals surface area contributed by atoms with Crippen molar-refractivity contribution in [3.63, 3.8) is 0 Å². The Morgan fingerprint density at radius 3 is 2.48 bits per heavy atom. The Balaban J connectivity index is 2.02. The highest BCUT2D eigenvalue weighted by Gasteiger charge is 2.31. The van der Waals surface area contributed by atoms with Crippen LogP contribution in [0.15, 0.2) is 42.5 Å². The Labute approximate surface area is 134 Å². The second-order valence-corrected chi connectivity index (χ2v) is 5.67. The summed E-state index contributed by atoms with van der Waals surface area (Å²) >= 11 is 0. The van der Waals surface area contributed by atoms with Crippen molar-refractivity contribution >= 4 is 17.3 Å². The molecule has 2 aromatic rings. The molecular weight excluding hydrogens is 298 g/mol. The molecule has 2 aromatic carbocycles. The highest BCUT2D eigenvalue weighted by molar-refractivity contribution is 6.08. The number of halogens is 2. The first-order valence-electron chi connectivity index (χ1n) is 7.65. The van der Waals surface area contributed by atoms with E-state index in [1.807, 2.05) is 31.2 Å². The monoisotopic (exact) mass is 316 g/mol. The smallest absolute Gasteiger partial charge is 0.258 e. The molecule has 5 heteroatoms. The normalized spacial score (nSPS) is 17.1. The van der Waals surface area contributed by atoms with E-state index in [4.69, 9.17) is 0 Å². The van der Waals surface area contributed by atoms with Crippen LogP contribution in [0.5, 0.6) is 0 Å². The van der Waals surface area contributed by atoms with Gasteiger partial charge in [-0.2, -0.15) is 0 Å². The Hall–Kier alpha value is -2.43. The molecule has 0 saturated heterocycles. The molecule has 0 aromatic heterocycles. The summed E-state index contributed by atoms with van der Waals surface area (Å²) in [6.07, 6.45) is 0. The van der Waals surface area contributed by atoms with Gasteiger partial charge >= 0.3 is 0 Å². The van der Waals surface area contributed by atoms with E-state index in [9.17, 15) is 13.6 Å². The minimum atomic E-state index is -1.01. The number of hydrogen-bond donors (Lipinski definition) is 0. The maximum absolute atomic E-state index is 13.4. The van der Waals surface area contributed by atoms with Crippen LogP contribution in [0.4, 0.5) is 20.2 Å². The lowest BCUT2D eigenvalue weighted by Crippen LogP contribution is -2.49. The largest absolute Gasteiger partial charge is 0.366 e. The SMILES string of the molecule is CCN1c2ccccc2N(C(=O)c2ccc(F)c(F)c2)CC1C. The quantitative estimate of drug-likeness (QED) is 0.840. The van der Waals surface area contributed by atoms with Crippen molar-refractivity contribution in [2.75, 3.05) is 22.9 Å². The van der Waals surface area contributed by atoms with Gasteiger partial charge in [0.2, 0.25) is 0 Å². The van der Waals surface area contributed by atoms with E-state index in [0.717, 1.165) is 30.1 Å². The van der Waals surface area contributed by atoms with Crippen molar-refractivity contribution < 1.29 is 13.6 Å². The molecule has 1 amide bonds. The first kappa shape index (κ1) is 15.5. The summed E-state index contributed by atoms with van der Waals surface area (Å²) in [4.78, 5) is 16.6. The van der Waals surface area contributed by atoms with Gasteiger partial charge in [-0.15, -0.1) is 0 Å². The minimum Gasteiger partial charge on any atom is -0.366 e. The van der Waals surface area contributed by atoms with Crippen LogP contribution >= 0.6 is 0 Å². The predicted molar refractivity (Wildman–Crippen MR) is 87.0 cm³/mol. The predicted octanol–water partition coefficient (Wildman–Crippen LogP) is 3.84. The van der Waals surface area contributed by atoms with Gasteiger partial charge in [0.1, 0.15) is 0 Å². The van der Waals surface area contributed by atoms with Crippen LogP contribution in [0.2, 0.25) is 0 Å². The van der Waals surface area contributed by atoms with Crippen LogP contribution in [0.1, 0.15) is 24.2 Å². The Bertz CT molecular complexity index is 748. The summed E-state index contributed by atoms with van der Waals surface area (Å²) in [6, 6.07) is 11.1. The number of rotatable bonds is 2. The number of likely N-dealkylation sites (N-methyl/N-ethyl adjacent to an activating group) is 1. The summed E-state index contributed by atoms with van der Waals surface area (Å²) in [5.41, 5.74) is 1.92. The summed E-state index contributed by atoms with van der Waals surface area (Å²) in [6.45, 7) is 5.46. The van der Waals surface area contributed by atoms with Gasteiger partial charge < -0.3 is 9.80 Å². The molecule has 0 spiro atoms. The lowest BCUT2D eigenvalue weighted by molar-refractivity contribution is 0.0983. The molecule has 0 fully saturated rings. The van der Waals surface area contributed by atoms with Crippen LogP contribution in [0, 0.1) is 11.6 Å². The average molecular weight is 316 g/mol. The third-order valence-corrected chi connectivity index (χ3v) is 4.21. The topological polar surface area (TPSA) is 23.6 Å². The van der Waals surface area contributed by atoms with Crippen molar-refractivity contribution in [2.45, 2.75) is 19.9 Å². The molecule has 1 aliphatic rings. The molecule has 1 aliphatic heterocycles. The third-order valence-electron chi connectivity index (χ3n) is 4.21. The van der Waals surface area contributed by atoms with Crippen LogP contribution in [0.3, 0.4) is 0 Å². The van der Waals surface area contributed by atoms with Gasteiger partial charge in [0.05, 0.1) is 11.4 Å². The molecule has 23 heavy (non-hydrogen) atoms. The van der Waals surface area contributed by atoms with Crippen molar-refractivity contribution in [1.29, 1.82) is 0 Å². The number of carbonyl (C=O) groups excluding carboxylic acids is 1. The van der Waals surface area contributed by atoms with E-state index >= 15 is 0 Å². The van der Waals surface area contributed by atoms with Gasteiger partial charge in [0, 0.05) is 24.7 Å². The van der Waals surface area contributed by atoms with E-state index in [-0.39, 0.29) is 17.5 Å². The zero-order valence-corrected chi connectivity index (χ0v) is 13.1. The summed E-state index contributed by atoms with van der Waals surface area (Å²) in [5.74, 6) is -2.28. The van der Waals surface area contributed by atoms with Crippen LogP contribution in [-0.4, -0.2) is 25.0 Å². The van der Waals surface area contributed by atoms with E-state index in [0.29, 0.717) is 6.54 Å². The zero-order valence-electron chi connectivity index (χ0n) is 13.1. The summed E-state index contributed by atoms with van der Waals surface area (Å²) in [5, 5.41) is 0. The standard InChI is InChI=1S/C18H18F2N2O/c1-3-21-12(2)11-22(17-7-5-4-6-16(17)21)18(23)13-8-9-14(19)15(20)10-13/h4-10,12H,3,11H2,1-2H3. The van der Waals surface area contributed by atoms with Crippen LogP contribution in [-0.2, 0) is 0 Å². The number of nitrogens with zero attached hydrogens (tertiary/aromatic N) is 2. The highest BCUT2D eigenvalue weighted by atomic mass is 19.2. The number of carbonyl (C=O) groups is 1. The fourth-order valence-electron chi connectivity index (χ4n) is 3.09. The molecule has 120 valence electrons. The molecule has 0 N–H and O–H groups in total. The minimum absolute atomic E-state index is 0.143. The molecule has 0 aliphatic carbocycles. The van der Waals surface area contributed by atoms with E-state index in [1.165, 1.54) is 6.07 Å². The molecule has 1 heterocycles. The zero-order chi connectivity index (χ0) is 16.6. The number of hydrogen-bond acceptors (Lipinski definition) is 2. The van der Waals surface area contributed by atoms with Gasteiger partial charge in [0.15, 0.2) is 11.6 Å². The lowest BCUT2D eigenvalue weighted by atomic mass is 10.1. The number of fused-ring (bicyclic) bond motifs is 1. The van der Waals surface area contributed by atoms with Crippen molar-refractivity contribution in [3.8, 4) is 0 Å². The lowest BCUT2D eigenvalue weighted by Gasteiger charge is -2.42. The number of para-hydroxylation sites is 2. The first-order chi connectivity index (χ1) is 11.0. The van der Waals surface area contributed by atoms with E-state index in [1.54, 1.807) is 4.90 Å². The first-order valence-corrected chi connectivity index (χ1v) is 7.65. The number of anilines is 2. The molecular formula is C18H18F2N2O. The van der Waals surface area contributed by atoms with Crippen molar-refractivity contribution in [2.24, 2.45) is 0 Å². The fourth-order valence-corrected chi connectivity index (χ4v) is 3.09. The Morgan fingerprint density at radius 1 is 1.13 bits per heavy atom. The second kappa shape index (κ2) is 5.99. The Kier molecular flexibility index (Phi) is 4.03. The maximum atomic E-state index is 13.4. The molecule has 3 rings (SSSR count). The maximum Gasteiger partial charge on any atom is 0.258 e. The van der Waals surface area contributed by atoms with Gasteiger partial charge in [0.25, 0.3) is 5.91 Å². The van der Waals surface area contributed by atoms with Crippen molar-refractivity contribution in [3.05, 3.63) is 59.7 Å². The average Bonchev–Trinajstić information content (AvgIpc) is 2.56. The van der Waals surface area contributed by atoms with Gasteiger partial charge in [-0.25, -0.2) is 8.78 Å². The van der Waals surface area contributed by atoms with Gasteiger partial charge in [-0.3, -0.25) is 4.79 Å². The third kappa shape index (κ3) is 2.67. The molecule has 0 radical (unpaired) electrons. The molecule has 3 nitrogen and oxygen atoms in total. The van der Waals surface area contributed by atoms with Crippen molar-refractivity contribution in [1.82, 2.24) is 0 Å². The summed E-state index contributed by atoms with van der Waals surface area (Å²) in [7, 11) is 0. The number of amides is 1. The summed E-state index contributed by atoms with van der Waals surface area (Å²) < 4.78 is 26.5. The van der Waals surface area contributed by atoms with Gasteiger partial charge in [-0.1, -0.05) is 12.1 Å². The fraction of sp³-hybridized carbons (Fsp3) is 0.278. The number of benzene rings is 2. The van der Waals surface area contributed by atoms with E-state index in [2.05, 4.69) is 11.8 Å². The molecule has 1 atom stereocenters. The van der Waals surface area contributed by atoms with Gasteiger partial charge in [-0.05, 0) is 44.2 Å². The second-order valence-electron chi connectivity index (χ2n) is 5.67. The molecule has 1 unspecified atom stereocenters. The van der Waals surface area contributed by atoms with Crippen LogP contribution in [0.25, 0.3) is 0 Å². The van der Waals surface area contributed by atoms with E-state index < -0.39 is 11.6 Å².